The Morgan fingerprint density at radius 1 is 1.50 bits per heavy atom. The van der Waals surface area contributed by atoms with Gasteiger partial charge in [-0.2, -0.15) is 11.8 Å². The first-order chi connectivity index (χ1) is 9.49. The smallest absolute Gasteiger partial charge is 0.335 e. The van der Waals surface area contributed by atoms with Crippen LogP contribution in [-0.2, 0) is 4.79 Å². The van der Waals surface area contributed by atoms with Crippen molar-refractivity contribution in [2.75, 3.05) is 24.4 Å². The number of benzene rings is 1. The summed E-state index contributed by atoms with van der Waals surface area (Å²) in [6.45, 7) is 0. The van der Waals surface area contributed by atoms with Crippen LogP contribution in [0.1, 0.15) is 16.8 Å². The normalized spacial score (nSPS) is 11.8. The second kappa shape index (κ2) is 7.76. The highest BCUT2D eigenvalue weighted by Gasteiger charge is 2.16. The molecular weight excluding hydrogens is 280 g/mol. The minimum absolute atomic E-state index is 0.0683. The van der Waals surface area contributed by atoms with Crippen LogP contribution in [0.5, 0.6) is 5.75 Å². The zero-order valence-corrected chi connectivity index (χ0v) is 12.2. The lowest BCUT2D eigenvalue weighted by atomic mass is 10.1. The molecule has 110 valence electrons. The van der Waals surface area contributed by atoms with Gasteiger partial charge in [-0.15, -0.1) is 0 Å². The Morgan fingerprint density at radius 2 is 2.20 bits per heavy atom. The van der Waals surface area contributed by atoms with E-state index in [0.717, 1.165) is 5.75 Å². The number of hydrogen-bond acceptors (Lipinski definition) is 5. The van der Waals surface area contributed by atoms with Crippen molar-refractivity contribution in [3.05, 3.63) is 23.8 Å². The van der Waals surface area contributed by atoms with Crippen LogP contribution in [0, 0.1) is 0 Å². The summed E-state index contributed by atoms with van der Waals surface area (Å²) in [4.78, 5) is 22.9. The maximum absolute atomic E-state index is 11.9. The van der Waals surface area contributed by atoms with Crippen molar-refractivity contribution in [2.24, 2.45) is 5.73 Å². The van der Waals surface area contributed by atoms with Crippen molar-refractivity contribution in [1.29, 1.82) is 0 Å². The van der Waals surface area contributed by atoms with Gasteiger partial charge in [-0.05, 0) is 36.6 Å². The fourth-order valence-corrected chi connectivity index (χ4v) is 2.03. The van der Waals surface area contributed by atoms with Crippen molar-refractivity contribution in [3.63, 3.8) is 0 Å². The molecule has 0 aromatic heterocycles. The van der Waals surface area contributed by atoms with Crippen LogP contribution in [0.2, 0.25) is 0 Å². The fraction of sp³-hybridized carbons (Fsp3) is 0.385. The van der Waals surface area contributed by atoms with Crippen molar-refractivity contribution in [3.8, 4) is 5.75 Å². The molecule has 0 unspecified atom stereocenters. The molecule has 0 aliphatic heterocycles. The van der Waals surface area contributed by atoms with Crippen LogP contribution in [0.3, 0.4) is 0 Å². The van der Waals surface area contributed by atoms with Gasteiger partial charge in [0.1, 0.15) is 5.75 Å². The van der Waals surface area contributed by atoms with E-state index in [4.69, 9.17) is 15.6 Å². The van der Waals surface area contributed by atoms with Crippen LogP contribution in [0.4, 0.5) is 5.69 Å². The number of methoxy groups -OCH3 is 1. The predicted molar refractivity (Wildman–Crippen MR) is 79.6 cm³/mol. The highest BCUT2D eigenvalue weighted by atomic mass is 32.2. The van der Waals surface area contributed by atoms with Gasteiger partial charge in [0.25, 0.3) is 0 Å². The Hall–Kier alpha value is -1.73. The van der Waals surface area contributed by atoms with Crippen molar-refractivity contribution < 1.29 is 19.4 Å². The van der Waals surface area contributed by atoms with Gasteiger partial charge in [-0.1, -0.05) is 0 Å². The van der Waals surface area contributed by atoms with Gasteiger partial charge in [0.15, 0.2) is 0 Å². The molecule has 0 aliphatic rings. The summed E-state index contributed by atoms with van der Waals surface area (Å²) in [7, 11) is 1.44. The first kappa shape index (κ1) is 16.3. The van der Waals surface area contributed by atoms with Gasteiger partial charge in [-0.3, -0.25) is 4.79 Å². The van der Waals surface area contributed by atoms with Crippen LogP contribution in [0.15, 0.2) is 18.2 Å². The molecule has 0 aliphatic carbocycles. The lowest BCUT2D eigenvalue weighted by Gasteiger charge is -2.14. The van der Waals surface area contributed by atoms with E-state index in [1.165, 1.54) is 25.3 Å². The molecule has 4 N–H and O–H groups in total. The SMILES string of the molecule is COc1ccc(C(=O)O)cc1NC(=O)[C@H](N)CCSC. The number of ether oxygens (including phenoxy) is 1. The molecule has 0 radical (unpaired) electrons. The van der Waals surface area contributed by atoms with Crippen LogP contribution in [-0.4, -0.2) is 42.1 Å². The molecular formula is C13H18N2O4S. The van der Waals surface area contributed by atoms with Gasteiger partial charge < -0.3 is 20.9 Å². The summed E-state index contributed by atoms with van der Waals surface area (Å²) < 4.78 is 5.09. The number of nitrogens with two attached hydrogens (primary N) is 1. The molecule has 20 heavy (non-hydrogen) atoms. The number of hydrogen-bond donors (Lipinski definition) is 3. The third-order valence-electron chi connectivity index (χ3n) is 2.67. The highest BCUT2D eigenvalue weighted by molar-refractivity contribution is 7.98. The van der Waals surface area contributed by atoms with E-state index in [9.17, 15) is 9.59 Å². The second-order valence-corrected chi connectivity index (χ2v) is 5.08. The molecule has 1 aromatic carbocycles. The van der Waals surface area contributed by atoms with Crippen molar-refractivity contribution in [1.82, 2.24) is 0 Å². The fourth-order valence-electron chi connectivity index (χ4n) is 1.54. The minimum Gasteiger partial charge on any atom is -0.495 e. The first-order valence-electron chi connectivity index (χ1n) is 5.96. The molecule has 0 saturated heterocycles. The summed E-state index contributed by atoms with van der Waals surface area (Å²) >= 11 is 1.61. The molecule has 0 fully saturated rings. The van der Waals surface area contributed by atoms with E-state index in [1.54, 1.807) is 11.8 Å². The Morgan fingerprint density at radius 3 is 2.75 bits per heavy atom. The number of rotatable bonds is 7. The second-order valence-electron chi connectivity index (χ2n) is 4.10. The monoisotopic (exact) mass is 298 g/mol. The average molecular weight is 298 g/mol. The molecule has 0 heterocycles. The zero-order valence-electron chi connectivity index (χ0n) is 11.4. The quantitative estimate of drug-likeness (QED) is 0.703. The Kier molecular flexibility index (Phi) is 6.33. The predicted octanol–water partition coefficient (Wildman–Crippen LogP) is 1.41. The minimum atomic E-state index is -1.07. The van der Waals surface area contributed by atoms with E-state index in [1.807, 2.05) is 6.26 Å². The third-order valence-corrected chi connectivity index (χ3v) is 3.32. The van der Waals surface area contributed by atoms with Crippen LogP contribution < -0.4 is 15.8 Å². The number of anilines is 1. The summed E-state index contributed by atoms with van der Waals surface area (Å²) in [6.07, 6.45) is 2.48. The topological polar surface area (TPSA) is 102 Å². The van der Waals surface area contributed by atoms with E-state index >= 15 is 0 Å². The number of nitrogens with one attached hydrogen (secondary N) is 1. The highest BCUT2D eigenvalue weighted by Crippen LogP contribution is 2.25. The van der Waals surface area contributed by atoms with Crippen molar-refractivity contribution in [2.45, 2.75) is 12.5 Å². The Labute approximate surface area is 121 Å². The molecule has 6 nitrogen and oxygen atoms in total. The standard InChI is InChI=1S/C13H18N2O4S/c1-19-11-4-3-8(13(17)18)7-10(11)15-12(16)9(14)5-6-20-2/h3-4,7,9H,5-6,14H2,1-2H3,(H,15,16)(H,17,18)/t9-/m1/s1. The first-order valence-corrected chi connectivity index (χ1v) is 7.35. The van der Waals surface area contributed by atoms with E-state index in [2.05, 4.69) is 5.32 Å². The Balaban J connectivity index is 2.86. The maximum atomic E-state index is 11.9. The molecule has 0 bridgehead atoms. The summed E-state index contributed by atoms with van der Waals surface area (Å²) in [5.41, 5.74) is 6.13. The molecule has 1 amide bonds. The maximum Gasteiger partial charge on any atom is 0.335 e. The average Bonchev–Trinajstić information content (AvgIpc) is 2.44. The number of amides is 1. The number of thioether (sulfide) groups is 1. The van der Waals surface area contributed by atoms with Crippen LogP contribution >= 0.6 is 11.8 Å². The van der Waals surface area contributed by atoms with Gasteiger partial charge in [0.2, 0.25) is 5.91 Å². The summed E-state index contributed by atoms with van der Waals surface area (Å²) in [5, 5.41) is 11.6. The number of carboxylic acids is 1. The molecule has 1 rings (SSSR count). The molecule has 1 atom stereocenters. The zero-order chi connectivity index (χ0) is 15.1. The molecule has 0 saturated carbocycles. The van der Waals surface area contributed by atoms with Crippen molar-refractivity contribution >= 4 is 29.3 Å². The summed E-state index contributed by atoms with van der Waals surface area (Å²) in [6, 6.07) is 3.61. The van der Waals surface area contributed by atoms with Gasteiger partial charge in [0, 0.05) is 0 Å². The lowest BCUT2D eigenvalue weighted by molar-refractivity contribution is -0.117. The number of carbonyl (C=O) groups excluding carboxylic acids is 1. The number of aromatic carboxylic acids is 1. The third kappa shape index (κ3) is 4.43. The van der Waals surface area contributed by atoms with E-state index in [-0.39, 0.29) is 11.5 Å². The van der Waals surface area contributed by atoms with Gasteiger partial charge >= 0.3 is 5.97 Å². The Bertz CT molecular complexity index is 493. The molecule has 1 aromatic rings. The van der Waals surface area contributed by atoms with E-state index < -0.39 is 12.0 Å². The number of carboxylic acid groups (broad SMARTS) is 1. The molecule has 0 spiro atoms. The van der Waals surface area contributed by atoms with Gasteiger partial charge in [-0.25, -0.2) is 4.79 Å². The van der Waals surface area contributed by atoms with Gasteiger partial charge in [0.05, 0.1) is 24.4 Å². The molecule has 7 heteroatoms. The number of carbonyl (C=O) groups is 2. The van der Waals surface area contributed by atoms with E-state index in [0.29, 0.717) is 17.9 Å². The lowest BCUT2D eigenvalue weighted by Crippen LogP contribution is -2.36. The van der Waals surface area contributed by atoms with Crippen LogP contribution in [0.25, 0.3) is 0 Å². The largest absolute Gasteiger partial charge is 0.495 e. The summed E-state index contributed by atoms with van der Waals surface area (Å²) in [5.74, 6) is -0.268.